The molecule has 1 amide bonds. The molecule has 2 aromatic rings. The van der Waals surface area contributed by atoms with Crippen LogP contribution in [0.1, 0.15) is 30.9 Å². The van der Waals surface area contributed by atoms with E-state index < -0.39 is 22.0 Å². The highest BCUT2D eigenvalue weighted by molar-refractivity contribution is 7.89. The molecule has 8 nitrogen and oxygen atoms in total. The molecular formula is C16H22N4O4S. The van der Waals surface area contributed by atoms with Crippen molar-refractivity contribution in [1.29, 1.82) is 0 Å². The van der Waals surface area contributed by atoms with E-state index in [1.165, 1.54) is 13.8 Å². The fourth-order valence-electron chi connectivity index (χ4n) is 2.38. The predicted molar refractivity (Wildman–Crippen MR) is 91.0 cm³/mol. The van der Waals surface area contributed by atoms with E-state index in [0.29, 0.717) is 0 Å². The predicted octanol–water partition coefficient (Wildman–Crippen LogP) is 1.31. The molecule has 0 saturated heterocycles. The lowest BCUT2D eigenvalue weighted by Gasteiger charge is -2.21. The first kappa shape index (κ1) is 19.1. The van der Waals surface area contributed by atoms with Crippen LogP contribution in [0.25, 0.3) is 0 Å². The summed E-state index contributed by atoms with van der Waals surface area (Å²) in [5, 5.41) is 6.39. The first-order chi connectivity index (χ1) is 11.7. The zero-order valence-electron chi connectivity index (χ0n) is 14.6. The zero-order chi connectivity index (χ0) is 18.6. The van der Waals surface area contributed by atoms with Crippen LogP contribution in [-0.2, 0) is 21.4 Å². The molecular weight excluding hydrogens is 344 g/mol. The topological polar surface area (TPSA) is 114 Å². The first-order valence-corrected chi connectivity index (χ1v) is 9.32. The SMILES string of the molecule is Cc1noc(C)c1S(=O)(=O)N[C@@H](C(=O)NCc1cccnc1)C(C)C. The van der Waals surface area contributed by atoms with E-state index in [1.54, 1.807) is 32.3 Å². The van der Waals surface area contributed by atoms with Crippen molar-refractivity contribution in [3.8, 4) is 0 Å². The van der Waals surface area contributed by atoms with Gasteiger partial charge in [0.25, 0.3) is 0 Å². The molecule has 2 N–H and O–H groups in total. The lowest BCUT2D eigenvalue weighted by Crippen LogP contribution is -2.49. The fraction of sp³-hybridized carbons (Fsp3) is 0.438. The van der Waals surface area contributed by atoms with Crippen molar-refractivity contribution < 1.29 is 17.7 Å². The average Bonchev–Trinajstić information content (AvgIpc) is 2.90. The summed E-state index contributed by atoms with van der Waals surface area (Å²) in [4.78, 5) is 16.4. The second-order valence-corrected chi connectivity index (χ2v) is 7.73. The lowest BCUT2D eigenvalue weighted by atomic mass is 10.0. The van der Waals surface area contributed by atoms with Crippen LogP contribution < -0.4 is 10.0 Å². The maximum absolute atomic E-state index is 12.6. The molecule has 25 heavy (non-hydrogen) atoms. The minimum Gasteiger partial charge on any atom is -0.360 e. The van der Waals surface area contributed by atoms with Gasteiger partial charge in [0.2, 0.25) is 15.9 Å². The smallest absolute Gasteiger partial charge is 0.246 e. The molecule has 0 aliphatic rings. The number of hydrogen-bond donors (Lipinski definition) is 2. The van der Waals surface area contributed by atoms with Crippen molar-refractivity contribution in [2.75, 3.05) is 0 Å². The molecule has 0 aliphatic heterocycles. The van der Waals surface area contributed by atoms with E-state index in [2.05, 4.69) is 20.2 Å². The highest BCUT2D eigenvalue weighted by Gasteiger charge is 2.31. The summed E-state index contributed by atoms with van der Waals surface area (Å²) >= 11 is 0. The van der Waals surface area contributed by atoms with Gasteiger partial charge in [-0.3, -0.25) is 9.78 Å². The molecule has 2 rings (SSSR count). The number of nitrogens with one attached hydrogen (secondary N) is 2. The van der Waals surface area contributed by atoms with Crippen LogP contribution in [0.3, 0.4) is 0 Å². The molecule has 0 fully saturated rings. The third kappa shape index (κ3) is 4.64. The Hall–Kier alpha value is -2.26. The van der Waals surface area contributed by atoms with Gasteiger partial charge in [-0.15, -0.1) is 0 Å². The average molecular weight is 366 g/mol. The Morgan fingerprint density at radius 3 is 2.56 bits per heavy atom. The summed E-state index contributed by atoms with van der Waals surface area (Å²) in [7, 11) is -3.93. The molecule has 0 unspecified atom stereocenters. The van der Waals surface area contributed by atoms with E-state index in [9.17, 15) is 13.2 Å². The molecule has 0 aromatic carbocycles. The van der Waals surface area contributed by atoms with Crippen LogP contribution in [0.2, 0.25) is 0 Å². The van der Waals surface area contributed by atoms with Gasteiger partial charge >= 0.3 is 0 Å². The second-order valence-electron chi connectivity index (χ2n) is 6.08. The summed E-state index contributed by atoms with van der Waals surface area (Å²) < 4.78 is 32.6. The van der Waals surface area contributed by atoms with Gasteiger partial charge in [-0.2, -0.15) is 4.72 Å². The van der Waals surface area contributed by atoms with Crippen LogP contribution >= 0.6 is 0 Å². The lowest BCUT2D eigenvalue weighted by molar-refractivity contribution is -0.123. The number of pyridine rings is 1. The molecule has 0 bridgehead atoms. The standard InChI is InChI=1S/C16H22N4O4S/c1-10(2)14(16(21)18-9-13-6-5-7-17-8-13)20-25(22,23)15-11(3)19-24-12(15)4/h5-8,10,14,20H,9H2,1-4H3,(H,18,21)/t14-/m1/s1. The van der Waals surface area contributed by atoms with Gasteiger partial charge in [0, 0.05) is 18.9 Å². The van der Waals surface area contributed by atoms with E-state index >= 15 is 0 Å². The number of rotatable bonds is 7. The van der Waals surface area contributed by atoms with E-state index in [-0.39, 0.29) is 28.8 Å². The summed E-state index contributed by atoms with van der Waals surface area (Å²) in [5.41, 5.74) is 1.08. The quantitative estimate of drug-likeness (QED) is 0.763. The minimum absolute atomic E-state index is 0.0294. The number of sulfonamides is 1. The second kappa shape index (κ2) is 7.75. The van der Waals surface area contributed by atoms with Crippen LogP contribution in [0.5, 0.6) is 0 Å². The van der Waals surface area contributed by atoms with E-state index in [0.717, 1.165) is 5.56 Å². The van der Waals surface area contributed by atoms with Gasteiger partial charge in [0.15, 0.2) is 5.76 Å². The number of carbonyl (C=O) groups is 1. The van der Waals surface area contributed by atoms with Gasteiger partial charge in [-0.25, -0.2) is 8.42 Å². The van der Waals surface area contributed by atoms with Crippen molar-refractivity contribution in [3.63, 3.8) is 0 Å². The Balaban J connectivity index is 2.14. The Morgan fingerprint density at radius 1 is 1.32 bits per heavy atom. The van der Waals surface area contributed by atoms with Gasteiger partial charge < -0.3 is 9.84 Å². The van der Waals surface area contributed by atoms with E-state index in [1.807, 2.05) is 6.07 Å². The molecule has 136 valence electrons. The molecule has 0 spiro atoms. The number of amides is 1. The van der Waals surface area contributed by atoms with Gasteiger partial charge in [-0.1, -0.05) is 25.1 Å². The third-order valence-corrected chi connectivity index (χ3v) is 5.34. The molecule has 0 aliphatic carbocycles. The van der Waals surface area contributed by atoms with E-state index in [4.69, 9.17) is 4.52 Å². The van der Waals surface area contributed by atoms with Crippen LogP contribution in [0.15, 0.2) is 33.9 Å². The largest absolute Gasteiger partial charge is 0.360 e. The molecule has 0 saturated carbocycles. The maximum atomic E-state index is 12.6. The Morgan fingerprint density at radius 2 is 2.04 bits per heavy atom. The third-order valence-electron chi connectivity index (χ3n) is 3.66. The van der Waals surface area contributed by atoms with Crippen molar-refractivity contribution in [2.24, 2.45) is 5.92 Å². The van der Waals surface area contributed by atoms with Gasteiger partial charge in [-0.05, 0) is 31.4 Å². The molecule has 1 atom stereocenters. The van der Waals surface area contributed by atoms with Crippen LogP contribution in [0.4, 0.5) is 0 Å². The summed E-state index contributed by atoms with van der Waals surface area (Å²) in [6.07, 6.45) is 3.28. The maximum Gasteiger partial charge on any atom is 0.246 e. The molecule has 0 radical (unpaired) electrons. The summed E-state index contributed by atoms with van der Waals surface area (Å²) in [5.74, 6) is -0.471. The number of hydrogen-bond acceptors (Lipinski definition) is 6. The monoisotopic (exact) mass is 366 g/mol. The number of carbonyl (C=O) groups excluding carboxylic acids is 1. The van der Waals surface area contributed by atoms with Crippen molar-refractivity contribution >= 4 is 15.9 Å². The fourth-order valence-corrected chi connectivity index (χ4v) is 4.05. The van der Waals surface area contributed by atoms with Gasteiger partial charge in [0.1, 0.15) is 16.6 Å². The van der Waals surface area contributed by atoms with Crippen molar-refractivity contribution in [1.82, 2.24) is 20.2 Å². The summed E-state index contributed by atoms with van der Waals surface area (Å²) in [6.45, 7) is 6.86. The molecule has 2 aromatic heterocycles. The Bertz CT molecular complexity index is 812. The van der Waals surface area contributed by atoms with Crippen molar-refractivity contribution in [3.05, 3.63) is 41.5 Å². The normalized spacial score (nSPS) is 13.0. The highest BCUT2D eigenvalue weighted by atomic mass is 32.2. The van der Waals surface area contributed by atoms with Crippen LogP contribution in [0, 0.1) is 19.8 Å². The number of aromatic nitrogens is 2. The number of aryl methyl sites for hydroxylation is 2. The number of nitrogens with zero attached hydrogens (tertiary/aromatic N) is 2. The molecule has 2 heterocycles. The highest BCUT2D eigenvalue weighted by Crippen LogP contribution is 2.20. The Kier molecular flexibility index (Phi) is 5.91. The Labute approximate surface area is 147 Å². The molecule has 9 heteroatoms. The van der Waals surface area contributed by atoms with Crippen molar-refractivity contribution in [2.45, 2.75) is 45.2 Å². The minimum atomic E-state index is -3.93. The first-order valence-electron chi connectivity index (χ1n) is 7.84. The van der Waals surface area contributed by atoms with Crippen LogP contribution in [-0.4, -0.2) is 30.5 Å². The zero-order valence-corrected chi connectivity index (χ0v) is 15.4. The summed E-state index contributed by atoms with van der Waals surface area (Å²) in [6, 6.07) is 2.67. The van der Waals surface area contributed by atoms with Gasteiger partial charge in [0.05, 0.1) is 0 Å².